The molecule has 6 nitrogen and oxygen atoms in total. The van der Waals surface area contributed by atoms with E-state index in [0.717, 1.165) is 5.56 Å². The number of ether oxygens (including phenoxy) is 1. The van der Waals surface area contributed by atoms with Crippen molar-refractivity contribution in [2.24, 2.45) is 0 Å². The van der Waals surface area contributed by atoms with Crippen LogP contribution < -0.4 is 4.74 Å². The molecular formula is C19H13ClN2O4. The molecule has 0 aliphatic carbocycles. The van der Waals surface area contributed by atoms with Crippen LogP contribution in [0.15, 0.2) is 60.3 Å². The van der Waals surface area contributed by atoms with Crippen molar-refractivity contribution in [3.63, 3.8) is 0 Å². The number of nitro benzene ring substituents is 1. The fourth-order valence-corrected chi connectivity index (χ4v) is 2.52. The predicted molar refractivity (Wildman–Crippen MR) is 99.1 cm³/mol. The second-order valence-electron chi connectivity index (χ2n) is 5.51. The fourth-order valence-electron chi connectivity index (χ4n) is 2.39. The van der Waals surface area contributed by atoms with Gasteiger partial charge in [0.25, 0.3) is 0 Å². The van der Waals surface area contributed by atoms with Crippen molar-refractivity contribution in [1.82, 2.24) is 4.98 Å². The minimum Gasteiger partial charge on any atom is -0.413 e. The number of rotatable bonds is 4. The lowest BCUT2D eigenvalue weighted by atomic mass is 10.1. The van der Waals surface area contributed by atoms with Crippen molar-refractivity contribution >= 4 is 40.2 Å². The number of esters is 1. The number of nitrogens with zero attached hydrogens (tertiary/aromatic N) is 2. The molecule has 0 N–H and O–H groups in total. The third-order valence-electron chi connectivity index (χ3n) is 3.67. The van der Waals surface area contributed by atoms with Gasteiger partial charge in [-0.2, -0.15) is 0 Å². The van der Waals surface area contributed by atoms with Crippen LogP contribution in [0.4, 0.5) is 5.69 Å². The Bertz CT molecular complexity index is 1030. The zero-order chi connectivity index (χ0) is 18.7. The molecular weight excluding hydrogens is 356 g/mol. The van der Waals surface area contributed by atoms with Crippen molar-refractivity contribution in [3.8, 4) is 5.75 Å². The highest BCUT2D eigenvalue weighted by molar-refractivity contribution is 6.30. The Labute approximate surface area is 153 Å². The number of benzene rings is 2. The second-order valence-corrected chi connectivity index (χ2v) is 5.95. The molecule has 0 bridgehead atoms. The molecule has 0 atom stereocenters. The third-order valence-corrected chi connectivity index (χ3v) is 3.93. The summed E-state index contributed by atoms with van der Waals surface area (Å²) in [6, 6.07) is 13.2. The monoisotopic (exact) mass is 368 g/mol. The molecule has 0 saturated carbocycles. The number of carbonyl (C=O) groups is 1. The van der Waals surface area contributed by atoms with E-state index in [1.54, 1.807) is 55.5 Å². The first-order valence-electron chi connectivity index (χ1n) is 7.64. The summed E-state index contributed by atoms with van der Waals surface area (Å²) in [5.74, 6) is -0.858. The van der Waals surface area contributed by atoms with Crippen LogP contribution in [0.2, 0.25) is 5.02 Å². The van der Waals surface area contributed by atoms with Crippen LogP contribution in [0.1, 0.15) is 12.5 Å². The lowest BCUT2D eigenvalue weighted by Crippen LogP contribution is -2.11. The molecule has 0 aliphatic rings. The third kappa shape index (κ3) is 3.70. The molecule has 0 amide bonds. The van der Waals surface area contributed by atoms with Gasteiger partial charge in [0.2, 0.25) is 5.75 Å². The van der Waals surface area contributed by atoms with Crippen LogP contribution in [0, 0.1) is 10.1 Å². The molecule has 3 rings (SSSR count). The summed E-state index contributed by atoms with van der Waals surface area (Å²) in [4.78, 5) is 27.2. The highest BCUT2D eigenvalue weighted by atomic mass is 35.5. The van der Waals surface area contributed by atoms with Gasteiger partial charge >= 0.3 is 11.7 Å². The summed E-state index contributed by atoms with van der Waals surface area (Å²) in [5, 5.41) is 12.5. The number of hydrogen-bond acceptors (Lipinski definition) is 5. The van der Waals surface area contributed by atoms with E-state index in [2.05, 4.69) is 4.98 Å². The van der Waals surface area contributed by atoms with E-state index >= 15 is 0 Å². The van der Waals surface area contributed by atoms with Crippen molar-refractivity contribution < 1.29 is 14.5 Å². The maximum atomic E-state index is 12.4. The summed E-state index contributed by atoms with van der Waals surface area (Å²) in [6.07, 6.45) is 3.10. The van der Waals surface area contributed by atoms with Gasteiger partial charge in [-0.05, 0) is 42.8 Å². The van der Waals surface area contributed by atoms with Gasteiger partial charge in [0.05, 0.1) is 4.92 Å². The summed E-state index contributed by atoms with van der Waals surface area (Å²) in [6.45, 7) is 1.57. The first-order chi connectivity index (χ1) is 12.5. The van der Waals surface area contributed by atoms with Gasteiger partial charge in [0.15, 0.2) is 0 Å². The standard InChI is InChI=1S/C19H13ClN2O4/c1-12(11-13-4-7-15(20)8-5-13)19(23)26-18-16(22(24)25)9-6-14-3-2-10-21-17(14)18/h2-11H,1H3/b12-11+. The zero-order valence-electron chi connectivity index (χ0n) is 13.7. The van der Waals surface area contributed by atoms with E-state index in [0.29, 0.717) is 10.4 Å². The van der Waals surface area contributed by atoms with E-state index in [1.165, 1.54) is 12.3 Å². The van der Waals surface area contributed by atoms with Crippen molar-refractivity contribution in [2.45, 2.75) is 6.92 Å². The molecule has 1 heterocycles. The molecule has 26 heavy (non-hydrogen) atoms. The van der Waals surface area contributed by atoms with E-state index in [1.807, 2.05) is 0 Å². The first-order valence-corrected chi connectivity index (χ1v) is 8.01. The lowest BCUT2D eigenvalue weighted by Gasteiger charge is -2.08. The zero-order valence-corrected chi connectivity index (χ0v) is 14.4. The number of aromatic nitrogens is 1. The second kappa shape index (κ2) is 7.33. The molecule has 0 radical (unpaired) electrons. The van der Waals surface area contributed by atoms with E-state index < -0.39 is 10.9 Å². The van der Waals surface area contributed by atoms with Gasteiger partial charge < -0.3 is 4.74 Å². The van der Waals surface area contributed by atoms with E-state index in [4.69, 9.17) is 16.3 Å². The Hall–Kier alpha value is -3.25. The van der Waals surface area contributed by atoms with Gasteiger partial charge in [-0.3, -0.25) is 15.1 Å². The fraction of sp³-hybridized carbons (Fsp3) is 0.0526. The minimum absolute atomic E-state index is 0.165. The number of halogens is 1. The molecule has 3 aromatic rings. The average Bonchev–Trinajstić information content (AvgIpc) is 2.63. The van der Waals surface area contributed by atoms with Crippen LogP contribution in [0.25, 0.3) is 17.0 Å². The SMILES string of the molecule is C/C(=C\c1ccc(Cl)cc1)C(=O)Oc1c([N+](=O)[O-])ccc2cccnc12. The van der Waals surface area contributed by atoms with E-state index in [-0.39, 0.29) is 22.5 Å². The molecule has 0 aliphatic heterocycles. The average molecular weight is 369 g/mol. The van der Waals surface area contributed by atoms with Crippen LogP contribution in [-0.2, 0) is 4.79 Å². The largest absolute Gasteiger partial charge is 0.413 e. The minimum atomic E-state index is -0.693. The Morgan fingerprint density at radius 3 is 2.62 bits per heavy atom. The molecule has 7 heteroatoms. The van der Waals surface area contributed by atoms with Gasteiger partial charge in [-0.25, -0.2) is 4.79 Å². The highest BCUT2D eigenvalue weighted by Crippen LogP contribution is 2.34. The summed E-state index contributed by atoms with van der Waals surface area (Å²) >= 11 is 5.84. The van der Waals surface area contributed by atoms with E-state index in [9.17, 15) is 14.9 Å². The molecule has 0 fully saturated rings. The maximum Gasteiger partial charge on any atom is 0.339 e. The number of fused-ring (bicyclic) bond motifs is 1. The van der Waals surface area contributed by atoms with Crippen LogP contribution in [0.3, 0.4) is 0 Å². The van der Waals surface area contributed by atoms with Crippen molar-refractivity contribution in [2.75, 3.05) is 0 Å². The Morgan fingerprint density at radius 1 is 1.19 bits per heavy atom. The lowest BCUT2D eigenvalue weighted by molar-refractivity contribution is -0.385. The molecule has 2 aromatic carbocycles. The number of carbonyl (C=O) groups excluding carboxylic acids is 1. The summed E-state index contributed by atoms with van der Waals surface area (Å²) < 4.78 is 5.34. The van der Waals surface area contributed by atoms with Gasteiger partial charge in [-0.15, -0.1) is 0 Å². The molecule has 0 spiro atoms. The van der Waals surface area contributed by atoms with Crippen molar-refractivity contribution in [1.29, 1.82) is 0 Å². The number of pyridine rings is 1. The molecule has 130 valence electrons. The predicted octanol–water partition coefficient (Wildman–Crippen LogP) is 4.81. The molecule has 0 saturated heterocycles. The Balaban J connectivity index is 1.97. The normalized spacial score (nSPS) is 11.4. The Morgan fingerprint density at radius 2 is 1.92 bits per heavy atom. The quantitative estimate of drug-likeness (QED) is 0.217. The van der Waals surface area contributed by atoms with Crippen LogP contribution in [-0.4, -0.2) is 15.9 Å². The van der Waals surface area contributed by atoms with Gasteiger partial charge in [-0.1, -0.05) is 29.8 Å². The van der Waals surface area contributed by atoms with Crippen molar-refractivity contribution in [3.05, 3.63) is 81.0 Å². The smallest absolute Gasteiger partial charge is 0.339 e. The molecule has 1 aromatic heterocycles. The first kappa shape index (κ1) is 17.6. The molecule has 0 unspecified atom stereocenters. The number of nitro groups is 1. The van der Waals surface area contributed by atoms with Gasteiger partial charge in [0, 0.05) is 28.2 Å². The summed E-state index contributed by atoms with van der Waals surface area (Å²) in [7, 11) is 0. The highest BCUT2D eigenvalue weighted by Gasteiger charge is 2.22. The van der Waals surface area contributed by atoms with Gasteiger partial charge in [0.1, 0.15) is 5.52 Å². The number of hydrogen-bond donors (Lipinski definition) is 0. The maximum absolute atomic E-state index is 12.4. The van der Waals surface area contributed by atoms with Crippen LogP contribution in [0.5, 0.6) is 5.75 Å². The Kier molecular flexibility index (Phi) is 4.95. The van der Waals surface area contributed by atoms with Crippen LogP contribution >= 0.6 is 11.6 Å². The summed E-state index contributed by atoms with van der Waals surface area (Å²) in [5.41, 5.74) is 0.988. The topological polar surface area (TPSA) is 82.3 Å².